The predicted octanol–water partition coefficient (Wildman–Crippen LogP) is 4.21. The maximum atomic E-state index is 4.67. The van der Waals surface area contributed by atoms with Gasteiger partial charge in [0.15, 0.2) is 5.82 Å². The zero-order valence-electron chi connectivity index (χ0n) is 11.5. The van der Waals surface area contributed by atoms with E-state index in [0.29, 0.717) is 0 Å². The molecule has 1 N–H and O–H groups in total. The fourth-order valence-electron chi connectivity index (χ4n) is 1.96. The van der Waals surface area contributed by atoms with E-state index < -0.39 is 0 Å². The molecule has 0 saturated heterocycles. The Labute approximate surface area is 122 Å². The van der Waals surface area contributed by atoms with Gasteiger partial charge in [-0.1, -0.05) is 31.2 Å². The van der Waals surface area contributed by atoms with Crippen LogP contribution in [0.15, 0.2) is 28.7 Å². The van der Waals surface area contributed by atoms with Crippen molar-refractivity contribution < 1.29 is 0 Å². The highest BCUT2D eigenvalue weighted by molar-refractivity contribution is 9.10. The fraction of sp³-hybridized carbons (Fsp3) is 0.333. The van der Waals surface area contributed by atoms with Crippen molar-refractivity contribution in [2.24, 2.45) is 0 Å². The molecule has 2 aromatic rings. The van der Waals surface area contributed by atoms with Gasteiger partial charge in [0.05, 0.1) is 10.2 Å². The van der Waals surface area contributed by atoms with Crippen molar-refractivity contribution in [3.63, 3.8) is 0 Å². The standard InChI is InChI=1S/C15H18BrN3/c1-4-12-13(16)15(17-5-2)19-14(18-12)11-9-7-6-8-10(11)3/h6-9H,4-5H2,1-3H3,(H,17,18,19). The molecule has 0 saturated carbocycles. The smallest absolute Gasteiger partial charge is 0.162 e. The topological polar surface area (TPSA) is 37.8 Å². The molecule has 0 aliphatic heterocycles. The quantitative estimate of drug-likeness (QED) is 0.917. The van der Waals surface area contributed by atoms with Gasteiger partial charge in [-0.3, -0.25) is 0 Å². The summed E-state index contributed by atoms with van der Waals surface area (Å²) in [4.78, 5) is 9.30. The molecule has 0 aliphatic carbocycles. The molecule has 1 aromatic heterocycles. The summed E-state index contributed by atoms with van der Waals surface area (Å²) < 4.78 is 0.967. The van der Waals surface area contributed by atoms with E-state index in [2.05, 4.69) is 64.1 Å². The lowest BCUT2D eigenvalue weighted by molar-refractivity contribution is 0.983. The number of rotatable bonds is 4. The van der Waals surface area contributed by atoms with E-state index in [0.717, 1.165) is 40.3 Å². The van der Waals surface area contributed by atoms with Gasteiger partial charge in [0, 0.05) is 12.1 Å². The van der Waals surface area contributed by atoms with Crippen molar-refractivity contribution in [1.82, 2.24) is 9.97 Å². The number of nitrogens with zero attached hydrogens (tertiary/aromatic N) is 2. The van der Waals surface area contributed by atoms with Gasteiger partial charge in [-0.2, -0.15) is 0 Å². The molecule has 4 heteroatoms. The van der Waals surface area contributed by atoms with Crippen LogP contribution in [0.4, 0.5) is 5.82 Å². The summed E-state index contributed by atoms with van der Waals surface area (Å²) in [5.41, 5.74) is 3.31. The molecule has 0 radical (unpaired) electrons. The summed E-state index contributed by atoms with van der Waals surface area (Å²) in [6.45, 7) is 7.09. The summed E-state index contributed by atoms with van der Waals surface area (Å²) >= 11 is 3.58. The number of nitrogens with one attached hydrogen (secondary N) is 1. The average Bonchev–Trinajstić information content (AvgIpc) is 2.42. The van der Waals surface area contributed by atoms with Crippen molar-refractivity contribution in [2.75, 3.05) is 11.9 Å². The second kappa shape index (κ2) is 6.15. The molecule has 0 atom stereocenters. The Morgan fingerprint density at radius 1 is 1.16 bits per heavy atom. The van der Waals surface area contributed by atoms with E-state index in [1.54, 1.807) is 0 Å². The van der Waals surface area contributed by atoms with Crippen LogP contribution in [-0.2, 0) is 6.42 Å². The van der Waals surface area contributed by atoms with Gasteiger partial charge in [-0.15, -0.1) is 0 Å². The first-order valence-corrected chi connectivity index (χ1v) is 7.33. The van der Waals surface area contributed by atoms with Crippen LogP contribution in [0.25, 0.3) is 11.4 Å². The predicted molar refractivity (Wildman–Crippen MR) is 83.4 cm³/mol. The first-order valence-electron chi connectivity index (χ1n) is 6.53. The van der Waals surface area contributed by atoms with Gasteiger partial charge in [-0.05, 0) is 41.8 Å². The molecule has 0 aliphatic rings. The van der Waals surface area contributed by atoms with Gasteiger partial charge in [0.1, 0.15) is 5.82 Å². The molecular formula is C15H18BrN3. The first kappa shape index (κ1) is 14.0. The zero-order valence-corrected chi connectivity index (χ0v) is 13.1. The van der Waals surface area contributed by atoms with Crippen LogP contribution >= 0.6 is 15.9 Å². The number of hydrogen-bond donors (Lipinski definition) is 1. The highest BCUT2D eigenvalue weighted by atomic mass is 79.9. The third-order valence-corrected chi connectivity index (χ3v) is 3.82. The van der Waals surface area contributed by atoms with Crippen LogP contribution in [0.2, 0.25) is 0 Å². The van der Waals surface area contributed by atoms with Crippen molar-refractivity contribution in [3.8, 4) is 11.4 Å². The summed E-state index contributed by atoms with van der Waals surface area (Å²) in [6.07, 6.45) is 0.875. The van der Waals surface area contributed by atoms with Crippen molar-refractivity contribution in [1.29, 1.82) is 0 Å². The molecule has 1 heterocycles. The van der Waals surface area contributed by atoms with Crippen LogP contribution in [0.1, 0.15) is 25.1 Å². The van der Waals surface area contributed by atoms with Crippen LogP contribution in [0, 0.1) is 6.92 Å². The fourth-order valence-corrected chi connectivity index (χ4v) is 2.55. The third kappa shape index (κ3) is 2.95. The molecule has 0 bridgehead atoms. The minimum absolute atomic E-state index is 0.786. The third-order valence-electron chi connectivity index (χ3n) is 2.98. The summed E-state index contributed by atoms with van der Waals surface area (Å²) in [5, 5.41) is 3.28. The summed E-state index contributed by atoms with van der Waals surface area (Å²) in [5.74, 6) is 1.65. The average molecular weight is 320 g/mol. The molecule has 0 spiro atoms. The zero-order chi connectivity index (χ0) is 13.8. The van der Waals surface area contributed by atoms with Gasteiger partial charge < -0.3 is 5.32 Å². The molecule has 2 rings (SSSR count). The second-order valence-electron chi connectivity index (χ2n) is 4.36. The highest BCUT2D eigenvalue weighted by Crippen LogP contribution is 2.28. The molecule has 0 amide bonds. The van der Waals surface area contributed by atoms with E-state index in [4.69, 9.17) is 0 Å². The Kier molecular flexibility index (Phi) is 4.53. The molecule has 19 heavy (non-hydrogen) atoms. The Hall–Kier alpha value is -1.42. The van der Waals surface area contributed by atoms with E-state index >= 15 is 0 Å². The number of aryl methyl sites for hydroxylation is 2. The van der Waals surface area contributed by atoms with Crippen molar-refractivity contribution >= 4 is 21.7 Å². The lowest BCUT2D eigenvalue weighted by Gasteiger charge is -2.12. The first-order chi connectivity index (χ1) is 9.17. The second-order valence-corrected chi connectivity index (χ2v) is 5.15. The molecule has 100 valence electrons. The van der Waals surface area contributed by atoms with Gasteiger partial charge >= 0.3 is 0 Å². The molecule has 3 nitrogen and oxygen atoms in total. The lowest BCUT2D eigenvalue weighted by atomic mass is 10.1. The Morgan fingerprint density at radius 3 is 2.53 bits per heavy atom. The number of anilines is 1. The minimum Gasteiger partial charge on any atom is -0.369 e. The summed E-state index contributed by atoms with van der Waals surface area (Å²) in [7, 11) is 0. The van der Waals surface area contributed by atoms with E-state index in [-0.39, 0.29) is 0 Å². The summed E-state index contributed by atoms with van der Waals surface area (Å²) in [6, 6.07) is 8.20. The molecular weight excluding hydrogens is 302 g/mol. The van der Waals surface area contributed by atoms with Crippen LogP contribution in [-0.4, -0.2) is 16.5 Å². The van der Waals surface area contributed by atoms with Crippen molar-refractivity contribution in [2.45, 2.75) is 27.2 Å². The maximum absolute atomic E-state index is 4.67. The van der Waals surface area contributed by atoms with E-state index in [1.807, 2.05) is 12.1 Å². The normalized spacial score (nSPS) is 10.5. The Morgan fingerprint density at radius 2 is 1.89 bits per heavy atom. The molecule has 0 fully saturated rings. The lowest BCUT2D eigenvalue weighted by Crippen LogP contribution is -2.06. The van der Waals surface area contributed by atoms with Gasteiger partial charge in [0.25, 0.3) is 0 Å². The van der Waals surface area contributed by atoms with Crippen LogP contribution < -0.4 is 5.32 Å². The Balaban J connectivity index is 2.58. The van der Waals surface area contributed by atoms with Crippen molar-refractivity contribution in [3.05, 3.63) is 40.0 Å². The number of hydrogen-bond acceptors (Lipinski definition) is 3. The Bertz CT molecular complexity index is 582. The number of halogens is 1. The largest absolute Gasteiger partial charge is 0.369 e. The SMILES string of the molecule is CCNc1nc(-c2ccccc2C)nc(CC)c1Br. The van der Waals surface area contributed by atoms with Crippen LogP contribution in [0.5, 0.6) is 0 Å². The van der Waals surface area contributed by atoms with E-state index in [1.165, 1.54) is 5.56 Å². The van der Waals surface area contributed by atoms with Gasteiger partial charge in [0.2, 0.25) is 0 Å². The minimum atomic E-state index is 0.786. The van der Waals surface area contributed by atoms with Crippen LogP contribution in [0.3, 0.4) is 0 Å². The number of benzene rings is 1. The highest BCUT2D eigenvalue weighted by Gasteiger charge is 2.12. The molecule has 0 unspecified atom stereocenters. The van der Waals surface area contributed by atoms with E-state index in [9.17, 15) is 0 Å². The van der Waals surface area contributed by atoms with Gasteiger partial charge in [-0.25, -0.2) is 9.97 Å². The monoisotopic (exact) mass is 319 g/mol. The number of aromatic nitrogens is 2. The maximum Gasteiger partial charge on any atom is 0.162 e. The molecule has 1 aromatic carbocycles.